The second-order valence-electron chi connectivity index (χ2n) is 6.15. The van der Waals surface area contributed by atoms with Gasteiger partial charge in [-0.05, 0) is 32.8 Å². The van der Waals surface area contributed by atoms with Gasteiger partial charge in [-0.3, -0.25) is 19.2 Å². The fourth-order valence-corrected chi connectivity index (χ4v) is 3.25. The monoisotopic (exact) mass is 319 g/mol. The van der Waals surface area contributed by atoms with E-state index in [-0.39, 0.29) is 30.9 Å². The topological polar surface area (TPSA) is 87.5 Å². The first-order chi connectivity index (χ1) is 11.0. The van der Waals surface area contributed by atoms with Crippen LogP contribution in [0.3, 0.4) is 0 Å². The van der Waals surface area contributed by atoms with Crippen LogP contribution in [0, 0.1) is 13.8 Å². The smallest absolute Gasteiger partial charge is 0.325 e. The molecule has 0 radical (unpaired) electrons. The van der Waals surface area contributed by atoms with Gasteiger partial charge in [0.2, 0.25) is 5.91 Å². The van der Waals surface area contributed by atoms with Gasteiger partial charge < -0.3 is 10.2 Å². The lowest BCUT2D eigenvalue weighted by Gasteiger charge is -2.34. The highest BCUT2D eigenvalue weighted by molar-refractivity contribution is 6.04. The molecule has 2 fully saturated rings. The van der Waals surface area contributed by atoms with Crippen LogP contribution < -0.4 is 5.32 Å². The van der Waals surface area contributed by atoms with Crippen LogP contribution in [0.15, 0.2) is 6.07 Å². The third-order valence-corrected chi connectivity index (χ3v) is 4.37. The van der Waals surface area contributed by atoms with E-state index in [0.29, 0.717) is 13.1 Å². The average molecular weight is 319 g/mol. The average Bonchev–Trinajstić information content (AvgIpc) is 3.03. The Balaban J connectivity index is 1.66. The number of aryl methyl sites for hydroxylation is 2. The highest BCUT2D eigenvalue weighted by atomic mass is 16.2. The largest absolute Gasteiger partial charge is 0.339 e. The second-order valence-corrected chi connectivity index (χ2v) is 6.15. The lowest BCUT2D eigenvalue weighted by molar-refractivity contribution is -0.137. The summed E-state index contributed by atoms with van der Waals surface area (Å²) in [4.78, 5) is 38.3. The van der Waals surface area contributed by atoms with E-state index in [4.69, 9.17) is 0 Å². The fourth-order valence-electron chi connectivity index (χ4n) is 3.25. The van der Waals surface area contributed by atoms with Gasteiger partial charge in [0.15, 0.2) is 0 Å². The molecule has 1 N–H and O–H groups in total. The molecular formula is C15H21N5O3. The molecule has 124 valence electrons. The number of rotatable bonds is 3. The number of imide groups is 1. The molecule has 1 unspecified atom stereocenters. The van der Waals surface area contributed by atoms with Crippen molar-refractivity contribution in [3.63, 3.8) is 0 Å². The minimum atomic E-state index is -0.490. The van der Waals surface area contributed by atoms with Gasteiger partial charge >= 0.3 is 6.03 Å². The van der Waals surface area contributed by atoms with E-state index >= 15 is 0 Å². The van der Waals surface area contributed by atoms with Gasteiger partial charge in [0.25, 0.3) is 5.91 Å². The first kappa shape index (κ1) is 15.5. The molecule has 4 amide bonds. The Labute approximate surface area is 134 Å². The molecular weight excluding hydrogens is 298 g/mol. The third-order valence-electron chi connectivity index (χ3n) is 4.37. The van der Waals surface area contributed by atoms with Gasteiger partial charge in [0.05, 0.1) is 18.3 Å². The van der Waals surface area contributed by atoms with Gasteiger partial charge in [0.1, 0.15) is 6.54 Å². The van der Waals surface area contributed by atoms with Crippen molar-refractivity contribution in [1.82, 2.24) is 24.9 Å². The SMILES string of the molecule is Cc1cc(C)n(C2CCCN(C(=O)CN3C(=O)CNC3=O)C2)n1. The van der Waals surface area contributed by atoms with Crippen molar-refractivity contribution < 1.29 is 14.4 Å². The van der Waals surface area contributed by atoms with Crippen LogP contribution in [-0.2, 0) is 9.59 Å². The van der Waals surface area contributed by atoms with Crippen molar-refractivity contribution in [3.8, 4) is 0 Å². The summed E-state index contributed by atoms with van der Waals surface area (Å²) < 4.78 is 1.97. The molecule has 3 heterocycles. The molecule has 0 spiro atoms. The maximum atomic E-state index is 12.4. The van der Waals surface area contributed by atoms with E-state index in [2.05, 4.69) is 10.4 Å². The molecule has 2 aliphatic heterocycles. The number of hydrogen-bond acceptors (Lipinski definition) is 4. The summed E-state index contributed by atoms with van der Waals surface area (Å²) in [6.07, 6.45) is 1.85. The summed E-state index contributed by atoms with van der Waals surface area (Å²) in [5.41, 5.74) is 2.04. The number of carbonyl (C=O) groups excluding carboxylic acids is 3. The number of likely N-dealkylation sites (tertiary alicyclic amines) is 1. The van der Waals surface area contributed by atoms with E-state index in [0.717, 1.165) is 29.1 Å². The number of piperidine rings is 1. The van der Waals surface area contributed by atoms with Gasteiger partial charge in [-0.15, -0.1) is 0 Å². The molecule has 0 aliphatic carbocycles. The number of aromatic nitrogens is 2. The molecule has 1 atom stereocenters. The Bertz CT molecular complexity index is 638. The van der Waals surface area contributed by atoms with E-state index in [1.807, 2.05) is 24.6 Å². The lowest BCUT2D eigenvalue weighted by Crippen LogP contribution is -2.47. The highest BCUT2D eigenvalue weighted by Gasteiger charge is 2.33. The molecule has 8 nitrogen and oxygen atoms in total. The van der Waals surface area contributed by atoms with E-state index < -0.39 is 6.03 Å². The predicted octanol–water partition coefficient (Wildman–Crippen LogP) is 0.215. The van der Waals surface area contributed by atoms with Crippen molar-refractivity contribution >= 4 is 17.8 Å². The summed E-state index contributed by atoms with van der Waals surface area (Å²) in [5.74, 6) is -0.544. The zero-order chi connectivity index (χ0) is 16.6. The summed E-state index contributed by atoms with van der Waals surface area (Å²) in [6, 6.07) is 1.67. The Morgan fingerprint density at radius 3 is 2.78 bits per heavy atom. The molecule has 1 aromatic heterocycles. The van der Waals surface area contributed by atoms with Crippen molar-refractivity contribution in [2.45, 2.75) is 32.7 Å². The van der Waals surface area contributed by atoms with Crippen LogP contribution in [0.4, 0.5) is 4.79 Å². The van der Waals surface area contributed by atoms with Gasteiger partial charge in [-0.2, -0.15) is 5.10 Å². The third kappa shape index (κ3) is 3.06. The molecule has 2 aliphatic rings. The number of carbonyl (C=O) groups is 3. The maximum absolute atomic E-state index is 12.4. The summed E-state index contributed by atoms with van der Waals surface area (Å²) in [5, 5.41) is 6.93. The first-order valence-corrected chi connectivity index (χ1v) is 7.84. The van der Waals surface area contributed by atoms with Crippen molar-refractivity contribution in [2.24, 2.45) is 0 Å². The van der Waals surface area contributed by atoms with Crippen LogP contribution in [0.25, 0.3) is 0 Å². The van der Waals surface area contributed by atoms with Crippen LogP contribution in [0.2, 0.25) is 0 Å². The Kier molecular flexibility index (Phi) is 4.06. The lowest BCUT2D eigenvalue weighted by atomic mass is 10.1. The number of hydrogen-bond donors (Lipinski definition) is 1. The number of amides is 4. The zero-order valence-electron chi connectivity index (χ0n) is 13.4. The normalized spacial score (nSPS) is 21.7. The standard InChI is InChI=1S/C15H21N5O3/c1-10-6-11(2)20(17-10)12-4-3-5-18(8-12)14(22)9-19-13(21)7-16-15(19)23/h6,12H,3-5,7-9H2,1-2H3,(H,16,23). The molecule has 0 saturated carbocycles. The van der Waals surface area contributed by atoms with Crippen molar-refractivity contribution in [2.75, 3.05) is 26.2 Å². The molecule has 0 bridgehead atoms. The minimum absolute atomic E-state index is 0.0273. The van der Waals surface area contributed by atoms with E-state index in [1.54, 1.807) is 4.90 Å². The maximum Gasteiger partial charge on any atom is 0.325 e. The van der Waals surface area contributed by atoms with Gasteiger partial charge in [-0.25, -0.2) is 4.79 Å². The zero-order valence-corrected chi connectivity index (χ0v) is 13.4. The highest BCUT2D eigenvalue weighted by Crippen LogP contribution is 2.23. The fraction of sp³-hybridized carbons (Fsp3) is 0.600. The summed E-state index contributed by atoms with van der Waals surface area (Å²) in [6.45, 7) is 4.96. The number of nitrogens with zero attached hydrogens (tertiary/aromatic N) is 4. The van der Waals surface area contributed by atoms with E-state index in [9.17, 15) is 14.4 Å². The second kappa shape index (κ2) is 6.02. The summed E-state index contributed by atoms with van der Waals surface area (Å²) in [7, 11) is 0. The Hall–Kier alpha value is -2.38. The quantitative estimate of drug-likeness (QED) is 0.807. The first-order valence-electron chi connectivity index (χ1n) is 7.84. The molecule has 2 saturated heterocycles. The van der Waals surface area contributed by atoms with Gasteiger partial charge in [-0.1, -0.05) is 0 Å². The molecule has 3 rings (SSSR count). The molecule has 0 aromatic carbocycles. The minimum Gasteiger partial charge on any atom is -0.339 e. The molecule has 23 heavy (non-hydrogen) atoms. The summed E-state index contributed by atoms with van der Waals surface area (Å²) >= 11 is 0. The van der Waals surface area contributed by atoms with Gasteiger partial charge in [0, 0.05) is 18.8 Å². The van der Waals surface area contributed by atoms with Crippen LogP contribution in [0.5, 0.6) is 0 Å². The van der Waals surface area contributed by atoms with Crippen LogP contribution >= 0.6 is 0 Å². The molecule has 8 heteroatoms. The number of nitrogens with one attached hydrogen (secondary N) is 1. The Morgan fingerprint density at radius 1 is 1.39 bits per heavy atom. The number of urea groups is 1. The van der Waals surface area contributed by atoms with Crippen LogP contribution in [0.1, 0.15) is 30.3 Å². The van der Waals surface area contributed by atoms with Crippen molar-refractivity contribution in [1.29, 1.82) is 0 Å². The van der Waals surface area contributed by atoms with Crippen LogP contribution in [-0.4, -0.2) is 63.6 Å². The predicted molar refractivity (Wildman–Crippen MR) is 81.7 cm³/mol. The van der Waals surface area contributed by atoms with Crippen molar-refractivity contribution in [3.05, 3.63) is 17.5 Å². The molecule has 1 aromatic rings. The Morgan fingerprint density at radius 2 is 2.17 bits per heavy atom. The van der Waals surface area contributed by atoms with E-state index in [1.165, 1.54) is 0 Å².